The summed E-state index contributed by atoms with van der Waals surface area (Å²) < 4.78 is 5.29. The number of likely N-dealkylation sites (tertiary alicyclic amines) is 1. The van der Waals surface area contributed by atoms with Gasteiger partial charge >= 0.3 is 0 Å². The molecule has 19 heavy (non-hydrogen) atoms. The zero-order valence-electron chi connectivity index (χ0n) is 11.8. The summed E-state index contributed by atoms with van der Waals surface area (Å²) in [5.41, 5.74) is 0.468. The van der Waals surface area contributed by atoms with Crippen LogP contribution in [0.4, 0.5) is 0 Å². The van der Waals surface area contributed by atoms with Gasteiger partial charge in [0.2, 0.25) is 5.91 Å². The number of ether oxygens (including phenoxy) is 1. The lowest BCUT2D eigenvalue weighted by molar-refractivity contribution is -0.135. The molecule has 6 heteroatoms. The van der Waals surface area contributed by atoms with Gasteiger partial charge in [-0.1, -0.05) is 0 Å². The lowest BCUT2D eigenvalue weighted by Crippen LogP contribution is -2.57. The molecule has 2 N–H and O–H groups in total. The van der Waals surface area contributed by atoms with Crippen molar-refractivity contribution in [3.63, 3.8) is 0 Å². The molecule has 1 saturated heterocycles. The van der Waals surface area contributed by atoms with E-state index in [1.54, 1.807) is 14.2 Å². The van der Waals surface area contributed by atoms with Crippen molar-refractivity contribution >= 4 is 5.91 Å². The molecule has 0 aliphatic carbocycles. The number of aromatic amines is 1. The number of H-pyrrole nitrogens is 1. The van der Waals surface area contributed by atoms with Gasteiger partial charge in [-0.15, -0.1) is 0 Å². The van der Waals surface area contributed by atoms with Crippen LogP contribution in [0.15, 0.2) is 6.20 Å². The smallest absolute Gasteiger partial charge is 0.242 e. The van der Waals surface area contributed by atoms with E-state index in [0.29, 0.717) is 13.2 Å². The summed E-state index contributed by atoms with van der Waals surface area (Å²) in [6, 6.07) is 0. The van der Waals surface area contributed by atoms with Gasteiger partial charge in [-0.3, -0.25) is 9.69 Å². The first-order valence-electron chi connectivity index (χ1n) is 6.59. The predicted molar refractivity (Wildman–Crippen MR) is 71.6 cm³/mol. The van der Waals surface area contributed by atoms with E-state index >= 15 is 0 Å². The summed E-state index contributed by atoms with van der Waals surface area (Å²) in [7, 11) is 3.31. The number of nitrogens with zero attached hydrogens (tertiary/aromatic N) is 2. The number of rotatable bonds is 5. The van der Waals surface area contributed by atoms with Gasteiger partial charge in [0, 0.05) is 26.0 Å². The fraction of sp³-hybridized carbons (Fsp3) is 0.692. The monoisotopic (exact) mass is 266 g/mol. The largest absolute Gasteiger partial charge is 0.382 e. The topological polar surface area (TPSA) is 70.2 Å². The molecule has 1 fully saturated rings. The molecule has 2 rings (SSSR count). The standard InChI is InChI=1S/C13H22N4O2/c1-10-7-15-11(16-10)8-17-6-4-5-13(17,9-19-3)12(18)14-2/h7H,4-6,8-9H2,1-3H3,(H,14,18)(H,15,16). The second-order valence-electron chi connectivity index (χ2n) is 5.08. The zero-order chi connectivity index (χ0) is 13.9. The van der Waals surface area contributed by atoms with Crippen molar-refractivity contribution in [1.82, 2.24) is 20.2 Å². The maximum atomic E-state index is 12.3. The third kappa shape index (κ3) is 2.64. The average Bonchev–Trinajstić information content (AvgIpc) is 2.98. The highest BCUT2D eigenvalue weighted by Crippen LogP contribution is 2.31. The average molecular weight is 266 g/mol. The van der Waals surface area contributed by atoms with Crippen LogP contribution in [0.2, 0.25) is 0 Å². The van der Waals surface area contributed by atoms with Crippen LogP contribution in [0.3, 0.4) is 0 Å². The minimum absolute atomic E-state index is 0.0233. The van der Waals surface area contributed by atoms with Gasteiger partial charge in [-0.2, -0.15) is 0 Å². The minimum Gasteiger partial charge on any atom is -0.382 e. The van der Waals surface area contributed by atoms with Gasteiger partial charge in [-0.05, 0) is 26.3 Å². The number of aryl methyl sites for hydroxylation is 1. The van der Waals surface area contributed by atoms with Crippen molar-refractivity contribution in [1.29, 1.82) is 0 Å². The molecule has 1 unspecified atom stereocenters. The van der Waals surface area contributed by atoms with Crippen LogP contribution in [0.1, 0.15) is 24.4 Å². The molecule has 1 aromatic heterocycles. The first-order chi connectivity index (χ1) is 9.12. The van der Waals surface area contributed by atoms with Crippen molar-refractivity contribution in [2.75, 3.05) is 27.3 Å². The number of carbonyl (C=O) groups excluding carboxylic acids is 1. The summed E-state index contributed by atoms with van der Waals surface area (Å²) in [6.45, 7) is 3.91. The third-order valence-electron chi connectivity index (χ3n) is 3.75. The molecule has 1 aromatic rings. The maximum Gasteiger partial charge on any atom is 0.242 e. The van der Waals surface area contributed by atoms with E-state index in [1.165, 1.54) is 0 Å². The molecule has 1 aliphatic rings. The molecule has 0 aromatic carbocycles. The molecule has 0 saturated carbocycles. The van der Waals surface area contributed by atoms with E-state index < -0.39 is 5.54 Å². The summed E-state index contributed by atoms with van der Waals surface area (Å²) in [5.74, 6) is 0.916. The van der Waals surface area contributed by atoms with Gasteiger partial charge in [0.25, 0.3) is 0 Å². The van der Waals surface area contributed by atoms with Crippen LogP contribution in [0.5, 0.6) is 0 Å². The molecule has 1 aliphatic heterocycles. The molecule has 106 valence electrons. The number of likely N-dealkylation sites (N-methyl/N-ethyl adjacent to an activating group) is 1. The normalized spacial score (nSPS) is 23.7. The van der Waals surface area contributed by atoms with Crippen molar-refractivity contribution < 1.29 is 9.53 Å². The lowest BCUT2D eigenvalue weighted by Gasteiger charge is -2.35. The highest BCUT2D eigenvalue weighted by atomic mass is 16.5. The van der Waals surface area contributed by atoms with E-state index in [0.717, 1.165) is 30.9 Å². The van der Waals surface area contributed by atoms with Gasteiger partial charge in [0.1, 0.15) is 11.4 Å². The first-order valence-corrected chi connectivity index (χ1v) is 6.59. The fourth-order valence-corrected chi connectivity index (χ4v) is 2.85. The number of hydrogen-bond donors (Lipinski definition) is 2. The molecule has 0 bridgehead atoms. The first kappa shape index (κ1) is 14.0. The summed E-state index contributed by atoms with van der Waals surface area (Å²) >= 11 is 0. The Balaban J connectivity index is 2.19. The van der Waals surface area contributed by atoms with E-state index in [4.69, 9.17) is 4.74 Å². The summed E-state index contributed by atoms with van der Waals surface area (Å²) in [5, 5.41) is 2.76. The number of methoxy groups -OCH3 is 1. The van der Waals surface area contributed by atoms with Gasteiger partial charge in [0.15, 0.2) is 0 Å². The second kappa shape index (κ2) is 5.71. The second-order valence-corrected chi connectivity index (χ2v) is 5.08. The number of carbonyl (C=O) groups is 1. The van der Waals surface area contributed by atoms with E-state index in [1.807, 2.05) is 13.1 Å². The van der Waals surface area contributed by atoms with Crippen LogP contribution in [0.25, 0.3) is 0 Å². The highest BCUT2D eigenvalue weighted by molar-refractivity contribution is 5.86. The number of nitrogens with one attached hydrogen (secondary N) is 2. The minimum atomic E-state index is -0.565. The quantitative estimate of drug-likeness (QED) is 0.811. The molecule has 1 atom stereocenters. The Morgan fingerprint density at radius 1 is 1.68 bits per heavy atom. The van der Waals surface area contributed by atoms with Crippen LogP contribution in [-0.2, 0) is 16.1 Å². The SMILES string of the molecule is CNC(=O)C1(COC)CCCN1Cc1ncc(C)[nH]1. The molecule has 1 amide bonds. The molecule has 0 radical (unpaired) electrons. The van der Waals surface area contributed by atoms with Gasteiger partial charge in [0.05, 0.1) is 13.2 Å². The van der Waals surface area contributed by atoms with Gasteiger partial charge < -0.3 is 15.0 Å². The van der Waals surface area contributed by atoms with Gasteiger partial charge in [-0.25, -0.2) is 4.98 Å². The van der Waals surface area contributed by atoms with E-state index in [9.17, 15) is 4.79 Å². The molecular weight excluding hydrogens is 244 g/mol. The van der Waals surface area contributed by atoms with E-state index in [-0.39, 0.29) is 5.91 Å². The van der Waals surface area contributed by atoms with Crippen LogP contribution < -0.4 is 5.32 Å². The Bertz CT molecular complexity index is 446. The fourth-order valence-electron chi connectivity index (χ4n) is 2.85. The summed E-state index contributed by atoms with van der Waals surface area (Å²) in [4.78, 5) is 22.0. The van der Waals surface area contributed by atoms with Crippen molar-refractivity contribution in [3.8, 4) is 0 Å². The van der Waals surface area contributed by atoms with Crippen LogP contribution in [-0.4, -0.2) is 53.6 Å². The third-order valence-corrected chi connectivity index (χ3v) is 3.75. The Hall–Kier alpha value is -1.40. The van der Waals surface area contributed by atoms with Crippen LogP contribution in [0, 0.1) is 6.92 Å². The Kier molecular flexibility index (Phi) is 4.21. The van der Waals surface area contributed by atoms with Crippen molar-refractivity contribution in [3.05, 3.63) is 17.7 Å². The maximum absolute atomic E-state index is 12.3. The Labute approximate surface area is 113 Å². The Morgan fingerprint density at radius 2 is 2.47 bits per heavy atom. The molecular formula is C13H22N4O2. The summed E-state index contributed by atoms with van der Waals surface area (Å²) in [6.07, 6.45) is 3.62. The van der Waals surface area contributed by atoms with E-state index in [2.05, 4.69) is 20.2 Å². The number of aromatic nitrogens is 2. The van der Waals surface area contributed by atoms with Crippen molar-refractivity contribution in [2.45, 2.75) is 31.8 Å². The van der Waals surface area contributed by atoms with Crippen molar-refractivity contribution in [2.24, 2.45) is 0 Å². The lowest BCUT2D eigenvalue weighted by atomic mass is 9.96. The number of amides is 1. The predicted octanol–water partition coefficient (Wildman–Crippen LogP) is 0.445. The molecule has 2 heterocycles. The molecule has 0 spiro atoms. The highest BCUT2D eigenvalue weighted by Gasteiger charge is 2.47. The zero-order valence-corrected chi connectivity index (χ0v) is 11.8. The van der Waals surface area contributed by atoms with Crippen LogP contribution >= 0.6 is 0 Å². The Morgan fingerprint density at radius 3 is 3.05 bits per heavy atom. The number of hydrogen-bond acceptors (Lipinski definition) is 4. The molecule has 6 nitrogen and oxygen atoms in total. The number of imidazole rings is 1.